The van der Waals surface area contributed by atoms with Gasteiger partial charge in [0, 0.05) is 18.5 Å². The van der Waals surface area contributed by atoms with Crippen LogP contribution in [0.2, 0.25) is 0 Å². The third-order valence-corrected chi connectivity index (χ3v) is 7.95. The molecule has 0 aromatic heterocycles. The molecule has 0 radical (unpaired) electrons. The van der Waals surface area contributed by atoms with Crippen molar-refractivity contribution in [1.29, 1.82) is 0 Å². The summed E-state index contributed by atoms with van der Waals surface area (Å²) in [6.45, 7) is 2.33. The molecule has 35 heavy (non-hydrogen) atoms. The van der Waals surface area contributed by atoms with Crippen molar-refractivity contribution in [2.24, 2.45) is 5.92 Å². The molecule has 2 aromatic carbocycles. The number of methoxy groups -OCH3 is 1. The molecular formula is C28H35FN2O4. The van der Waals surface area contributed by atoms with Crippen molar-refractivity contribution < 1.29 is 23.4 Å². The van der Waals surface area contributed by atoms with Crippen LogP contribution in [0.1, 0.15) is 42.7 Å². The van der Waals surface area contributed by atoms with Gasteiger partial charge >= 0.3 is 6.09 Å². The Morgan fingerprint density at radius 2 is 1.89 bits per heavy atom. The lowest BCUT2D eigenvalue weighted by Gasteiger charge is -2.34. The number of hydrogen-bond donors (Lipinski definition) is 1. The van der Waals surface area contributed by atoms with Crippen molar-refractivity contribution in [2.45, 2.75) is 62.4 Å². The standard InChI is InChI=1S/C28H35FN2O4/c1-33-28(32)31-25-17-34-16-24(25)27(30-15-19-6-3-2-4-7-19)26(31)18-35-23-12-10-20(11-13-23)21-8-5-9-22(29)14-21/h2-9,14,20,23-27,30H,10-13,15-18H2,1H3/t20?,23?,24?,25?,26-,27-/m0/s1. The second kappa shape index (κ2) is 11.1. The van der Waals surface area contributed by atoms with E-state index in [2.05, 4.69) is 17.4 Å². The summed E-state index contributed by atoms with van der Waals surface area (Å²) >= 11 is 0. The fourth-order valence-corrected chi connectivity index (χ4v) is 6.13. The first-order valence-corrected chi connectivity index (χ1v) is 12.7. The van der Waals surface area contributed by atoms with E-state index in [1.165, 1.54) is 18.7 Å². The summed E-state index contributed by atoms with van der Waals surface area (Å²) in [7, 11) is 1.43. The molecule has 0 spiro atoms. The van der Waals surface area contributed by atoms with Gasteiger partial charge in [0.2, 0.25) is 0 Å². The number of rotatable bonds is 7. The molecule has 3 aliphatic rings. The third-order valence-electron chi connectivity index (χ3n) is 7.95. The molecule has 1 amide bonds. The molecule has 0 bridgehead atoms. The van der Waals surface area contributed by atoms with Gasteiger partial charge in [-0.1, -0.05) is 42.5 Å². The van der Waals surface area contributed by atoms with Crippen LogP contribution in [0, 0.1) is 11.7 Å². The molecule has 1 N–H and O–H groups in total. The van der Waals surface area contributed by atoms with Crippen LogP contribution in [-0.2, 0) is 20.8 Å². The van der Waals surface area contributed by atoms with E-state index in [-0.39, 0.29) is 42.1 Å². The minimum atomic E-state index is -0.321. The van der Waals surface area contributed by atoms with Crippen LogP contribution in [-0.4, -0.2) is 62.2 Å². The lowest BCUT2D eigenvalue weighted by molar-refractivity contribution is -0.0151. The van der Waals surface area contributed by atoms with Crippen molar-refractivity contribution in [3.05, 3.63) is 71.5 Å². The summed E-state index contributed by atoms with van der Waals surface area (Å²) < 4.78 is 31.0. The highest BCUT2D eigenvalue weighted by Crippen LogP contribution is 2.38. The number of nitrogens with zero attached hydrogens (tertiary/aromatic N) is 1. The Kier molecular flexibility index (Phi) is 7.66. The molecule has 2 heterocycles. The quantitative estimate of drug-likeness (QED) is 0.630. The molecule has 2 unspecified atom stereocenters. The molecule has 6 nitrogen and oxygen atoms in total. The van der Waals surface area contributed by atoms with E-state index in [9.17, 15) is 9.18 Å². The lowest BCUT2D eigenvalue weighted by atomic mass is 9.82. The summed E-state index contributed by atoms with van der Waals surface area (Å²) in [6, 6.07) is 17.2. The molecule has 2 aromatic rings. The zero-order valence-electron chi connectivity index (χ0n) is 20.3. The average Bonchev–Trinajstić information content (AvgIpc) is 3.47. The van der Waals surface area contributed by atoms with Crippen LogP contribution >= 0.6 is 0 Å². The van der Waals surface area contributed by atoms with Gasteiger partial charge in [0.1, 0.15) is 5.82 Å². The molecule has 2 saturated heterocycles. The minimum Gasteiger partial charge on any atom is -0.453 e. The maximum absolute atomic E-state index is 13.6. The number of carbonyl (C=O) groups is 1. The van der Waals surface area contributed by atoms with Gasteiger partial charge in [0.15, 0.2) is 0 Å². The molecule has 1 aliphatic carbocycles. The zero-order valence-corrected chi connectivity index (χ0v) is 20.3. The fraction of sp³-hybridized carbons (Fsp3) is 0.536. The lowest BCUT2D eigenvalue weighted by Crippen LogP contribution is -2.50. The second-order valence-corrected chi connectivity index (χ2v) is 9.97. The summed E-state index contributed by atoms with van der Waals surface area (Å²) in [5, 5.41) is 3.70. The smallest absolute Gasteiger partial charge is 0.410 e. The summed E-state index contributed by atoms with van der Waals surface area (Å²) in [4.78, 5) is 14.6. The Bertz CT molecular complexity index is 982. The Hall–Kier alpha value is -2.48. The molecule has 1 saturated carbocycles. The van der Waals surface area contributed by atoms with Crippen LogP contribution < -0.4 is 5.32 Å². The molecule has 4 atom stereocenters. The number of hydrogen-bond acceptors (Lipinski definition) is 5. The molecule has 188 valence electrons. The molecule has 2 aliphatic heterocycles. The zero-order chi connectivity index (χ0) is 24.2. The van der Waals surface area contributed by atoms with Crippen LogP contribution in [0.25, 0.3) is 0 Å². The monoisotopic (exact) mass is 482 g/mol. The largest absolute Gasteiger partial charge is 0.453 e. The Balaban J connectivity index is 1.23. The summed E-state index contributed by atoms with van der Waals surface area (Å²) in [6.07, 6.45) is 3.65. The van der Waals surface area contributed by atoms with Gasteiger partial charge in [0.25, 0.3) is 0 Å². The Labute approximate surface area is 206 Å². The van der Waals surface area contributed by atoms with Gasteiger partial charge in [-0.25, -0.2) is 9.18 Å². The van der Waals surface area contributed by atoms with Crippen LogP contribution in [0.5, 0.6) is 0 Å². The van der Waals surface area contributed by atoms with Gasteiger partial charge in [-0.3, -0.25) is 4.90 Å². The normalized spacial score (nSPS) is 30.3. The number of amides is 1. The first kappa shape index (κ1) is 24.2. The van der Waals surface area contributed by atoms with E-state index >= 15 is 0 Å². The number of carbonyl (C=O) groups excluding carboxylic acids is 1. The van der Waals surface area contributed by atoms with E-state index in [1.54, 1.807) is 12.1 Å². The number of fused-ring (bicyclic) bond motifs is 1. The van der Waals surface area contributed by atoms with E-state index in [4.69, 9.17) is 14.2 Å². The predicted octanol–water partition coefficient (Wildman–Crippen LogP) is 4.49. The average molecular weight is 483 g/mol. The maximum atomic E-state index is 13.6. The highest BCUT2D eigenvalue weighted by Gasteiger charge is 2.54. The van der Waals surface area contributed by atoms with Crippen molar-refractivity contribution >= 4 is 6.09 Å². The fourth-order valence-electron chi connectivity index (χ4n) is 6.13. The van der Waals surface area contributed by atoms with Crippen LogP contribution in [0.4, 0.5) is 9.18 Å². The summed E-state index contributed by atoms with van der Waals surface area (Å²) in [5.41, 5.74) is 2.28. The van der Waals surface area contributed by atoms with Gasteiger partial charge in [-0.15, -0.1) is 0 Å². The minimum absolute atomic E-state index is 0.00645. The topological polar surface area (TPSA) is 60.0 Å². The van der Waals surface area contributed by atoms with Crippen molar-refractivity contribution in [1.82, 2.24) is 10.2 Å². The molecule has 5 rings (SSSR count). The molecule has 7 heteroatoms. The Morgan fingerprint density at radius 1 is 1.09 bits per heavy atom. The van der Waals surface area contributed by atoms with Gasteiger partial charge in [-0.2, -0.15) is 0 Å². The number of nitrogens with one attached hydrogen (secondary N) is 1. The number of ether oxygens (including phenoxy) is 3. The highest BCUT2D eigenvalue weighted by atomic mass is 19.1. The first-order chi connectivity index (χ1) is 17.1. The molecular weight excluding hydrogens is 447 g/mol. The third kappa shape index (κ3) is 5.37. The first-order valence-electron chi connectivity index (χ1n) is 12.7. The van der Waals surface area contributed by atoms with Gasteiger partial charge in [-0.05, 0) is 54.9 Å². The SMILES string of the molecule is COC(=O)N1C2COCC2[C@H](NCc2ccccc2)[C@@H]1COC1CCC(c2cccc(F)c2)CC1. The number of likely N-dealkylation sites (tertiary alicyclic amines) is 1. The van der Waals surface area contributed by atoms with Crippen molar-refractivity contribution in [3.63, 3.8) is 0 Å². The molecule has 3 fully saturated rings. The van der Waals surface area contributed by atoms with Crippen LogP contribution in [0.15, 0.2) is 54.6 Å². The Morgan fingerprint density at radius 3 is 2.63 bits per heavy atom. The van der Waals surface area contributed by atoms with Crippen LogP contribution in [0.3, 0.4) is 0 Å². The van der Waals surface area contributed by atoms with Gasteiger partial charge in [0.05, 0.1) is 45.1 Å². The van der Waals surface area contributed by atoms with Crippen molar-refractivity contribution in [3.8, 4) is 0 Å². The second-order valence-electron chi connectivity index (χ2n) is 9.97. The predicted molar refractivity (Wildman–Crippen MR) is 131 cm³/mol. The van der Waals surface area contributed by atoms with E-state index in [1.807, 2.05) is 29.2 Å². The highest BCUT2D eigenvalue weighted by molar-refractivity contribution is 5.69. The van der Waals surface area contributed by atoms with E-state index < -0.39 is 0 Å². The summed E-state index contributed by atoms with van der Waals surface area (Å²) in [5.74, 6) is 0.407. The number of benzene rings is 2. The maximum Gasteiger partial charge on any atom is 0.410 e. The van der Waals surface area contributed by atoms with Crippen molar-refractivity contribution in [2.75, 3.05) is 26.9 Å². The van der Waals surface area contributed by atoms with E-state index in [0.717, 1.165) is 37.8 Å². The van der Waals surface area contributed by atoms with E-state index in [0.29, 0.717) is 25.7 Å². The van der Waals surface area contributed by atoms with Gasteiger partial charge < -0.3 is 19.5 Å². The number of halogens is 1.